The first-order valence-electron chi connectivity index (χ1n) is 8.68. The topological polar surface area (TPSA) is 45.6 Å². The molecular formula is C20H24N2O2. The number of ether oxygens (including phenoxy) is 1. The van der Waals surface area contributed by atoms with Gasteiger partial charge in [-0.2, -0.15) is 0 Å². The maximum atomic E-state index is 11.0. The molecule has 24 heavy (non-hydrogen) atoms. The monoisotopic (exact) mass is 324 g/mol. The first-order chi connectivity index (χ1) is 11.7. The van der Waals surface area contributed by atoms with E-state index in [-0.39, 0.29) is 6.04 Å². The number of piperidine rings is 3. The Labute approximate surface area is 142 Å². The molecule has 3 aliphatic rings. The Bertz CT molecular complexity index is 760. The maximum Gasteiger partial charge on any atom is 0.119 e. The lowest BCUT2D eigenvalue weighted by Crippen LogP contribution is -2.54. The molecule has 3 aliphatic heterocycles. The Morgan fingerprint density at radius 3 is 3.00 bits per heavy atom. The van der Waals surface area contributed by atoms with Gasteiger partial charge >= 0.3 is 0 Å². The Morgan fingerprint density at radius 2 is 2.29 bits per heavy atom. The Balaban J connectivity index is 1.61. The van der Waals surface area contributed by atoms with Crippen LogP contribution >= 0.6 is 0 Å². The van der Waals surface area contributed by atoms with E-state index in [0.29, 0.717) is 11.8 Å². The van der Waals surface area contributed by atoms with Crippen molar-refractivity contribution in [3.05, 3.63) is 48.7 Å². The molecule has 5 atom stereocenters. The van der Waals surface area contributed by atoms with Crippen LogP contribution in [0.15, 0.2) is 43.1 Å². The maximum absolute atomic E-state index is 11.0. The van der Waals surface area contributed by atoms with Crippen LogP contribution in [0.3, 0.4) is 0 Å². The van der Waals surface area contributed by atoms with Crippen molar-refractivity contribution in [2.24, 2.45) is 11.8 Å². The molecular weight excluding hydrogens is 300 g/mol. The second-order valence-corrected chi connectivity index (χ2v) is 7.02. The molecule has 1 N–H and O–H groups in total. The summed E-state index contributed by atoms with van der Waals surface area (Å²) in [4.78, 5) is 6.94. The van der Waals surface area contributed by atoms with Crippen LogP contribution in [-0.4, -0.2) is 41.2 Å². The third-order valence-electron chi connectivity index (χ3n) is 5.77. The van der Waals surface area contributed by atoms with Crippen molar-refractivity contribution >= 4 is 10.9 Å². The summed E-state index contributed by atoms with van der Waals surface area (Å²) in [5.41, 5.74) is 1.81. The lowest BCUT2D eigenvalue weighted by Gasteiger charge is -2.50. The van der Waals surface area contributed by atoms with Gasteiger partial charge in [0, 0.05) is 29.7 Å². The van der Waals surface area contributed by atoms with E-state index in [1.807, 2.05) is 30.5 Å². The van der Waals surface area contributed by atoms with Gasteiger partial charge in [0.25, 0.3) is 0 Å². The van der Waals surface area contributed by atoms with Crippen LogP contribution < -0.4 is 4.74 Å². The van der Waals surface area contributed by atoms with E-state index in [9.17, 15) is 5.11 Å². The summed E-state index contributed by atoms with van der Waals surface area (Å²) in [5.74, 6) is 2.03. The molecule has 2 bridgehead atoms. The molecule has 2 aromatic rings. The molecule has 3 saturated heterocycles. The standard InChI is InChI=1S/C20H24N2O2/c1-3-13-12-22-7-6-14(13)10-19(22)20(23)16-8-15-9-17(24-2)4-5-18(15)21-11-16/h3-5,8-9,11,13-14,19-20,23H,1,6-7,10,12H2,2H3/t13?,14?,19?,20-/m1/s1. The van der Waals surface area contributed by atoms with Gasteiger partial charge in [0.2, 0.25) is 0 Å². The summed E-state index contributed by atoms with van der Waals surface area (Å²) in [6.45, 7) is 6.06. The summed E-state index contributed by atoms with van der Waals surface area (Å²) in [5, 5.41) is 12.0. The number of hydrogen-bond acceptors (Lipinski definition) is 4. The lowest BCUT2D eigenvalue weighted by molar-refractivity contribution is -0.0449. The number of fused-ring (bicyclic) bond motifs is 4. The summed E-state index contributed by atoms with van der Waals surface area (Å²) in [6.07, 6.45) is 5.65. The Morgan fingerprint density at radius 1 is 1.42 bits per heavy atom. The van der Waals surface area contributed by atoms with E-state index in [1.165, 1.54) is 6.42 Å². The van der Waals surface area contributed by atoms with Crippen LogP contribution in [0.1, 0.15) is 24.5 Å². The molecule has 4 nitrogen and oxygen atoms in total. The number of aliphatic hydroxyl groups is 1. The molecule has 4 heteroatoms. The van der Waals surface area contributed by atoms with Gasteiger partial charge in [-0.05, 0) is 55.5 Å². The average Bonchev–Trinajstić information content (AvgIpc) is 2.66. The van der Waals surface area contributed by atoms with Gasteiger partial charge < -0.3 is 9.84 Å². The van der Waals surface area contributed by atoms with Crippen molar-refractivity contribution in [1.29, 1.82) is 0 Å². The summed E-state index contributed by atoms with van der Waals surface area (Å²) < 4.78 is 5.30. The molecule has 1 aromatic heterocycles. The fraction of sp³-hybridized carbons (Fsp3) is 0.450. The molecule has 3 fully saturated rings. The molecule has 0 aliphatic carbocycles. The highest BCUT2D eigenvalue weighted by Crippen LogP contribution is 2.41. The zero-order valence-corrected chi connectivity index (χ0v) is 14.1. The largest absolute Gasteiger partial charge is 0.497 e. The molecule has 4 heterocycles. The number of aromatic nitrogens is 1. The summed E-state index contributed by atoms with van der Waals surface area (Å²) in [7, 11) is 1.66. The molecule has 5 rings (SSSR count). The van der Waals surface area contributed by atoms with Crippen molar-refractivity contribution in [3.63, 3.8) is 0 Å². The number of benzene rings is 1. The Kier molecular flexibility index (Phi) is 4.02. The van der Waals surface area contributed by atoms with Crippen molar-refractivity contribution in [1.82, 2.24) is 9.88 Å². The summed E-state index contributed by atoms with van der Waals surface area (Å²) >= 11 is 0. The quantitative estimate of drug-likeness (QED) is 0.878. The van der Waals surface area contributed by atoms with Gasteiger partial charge in [-0.25, -0.2) is 0 Å². The fourth-order valence-corrected chi connectivity index (χ4v) is 4.34. The van der Waals surface area contributed by atoms with Gasteiger partial charge in [0.1, 0.15) is 5.75 Å². The highest BCUT2D eigenvalue weighted by Gasteiger charge is 2.42. The van der Waals surface area contributed by atoms with Crippen molar-refractivity contribution in [3.8, 4) is 5.75 Å². The molecule has 126 valence electrons. The number of pyridine rings is 1. The molecule has 0 amide bonds. The molecule has 0 spiro atoms. The highest BCUT2D eigenvalue weighted by atomic mass is 16.5. The minimum atomic E-state index is -0.498. The van der Waals surface area contributed by atoms with Crippen molar-refractivity contribution in [2.45, 2.75) is 25.0 Å². The van der Waals surface area contributed by atoms with Gasteiger partial charge in [-0.1, -0.05) is 6.08 Å². The predicted octanol–water partition coefficient (Wildman–Crippen LogP) is 3.17. The van der Waals surface area contributed by atoms with Crippen LogP contribution in [0.2, 0.25) is 0 Å². The van der Waals surface area contributed by atoms with Gasteiger partial charge in [-0.3, -0.25) is 9.88 Å². The van der Waals surface area contributed by atoms with E-state index in [0.717, 1.165) is 41.7 Å². The van der Waals surface area contributed by atoms with Crippen LogP contribution in [0, 0.1) is 11.8 Å². The summed E-state index contributed by atoms with van der Waals surface area (Å²) in [6, 6.07) is 8.06. The van der Waals surface area contributed by atoms with Gasteiger partial charge in [0.15, 0.2) is 0 Å². The number of methoxy groups -OCH3 is 1. The van der Waals surface area contributed by atoms with E-state index in [2.05, 4.69) is 22.5 Å². The molecule has 0 radical (unpaired) electrons. The molecule has 0 saturated carbocycles. The van der Waals surface area contributed by atoms with Crippen molar-refractivity contribution < 1.29 is 9.84 Å². The van der Waals surface area contributed by atoms with E-state index >= 15 is 0 Å². The fourth-order valence-electron chi connectivity index (χ4n) is 4.34. The smallest absolute Gasteiger partial charge is 0.119 e. The second kappa shape index (κ2) is 6.19. The minimum absolute atomic E-state index is 0.185. The average molecular weight is 324 g/mol. The number of nitrogens with zero attached hydrogens (tertiary/aromatic N) is 2. The third-order valence-corrected chi connectivity index (χ3v) is 5.77. The van der Waals surface area contributed by atoms with Gasteiger partial charge in [0.05, 0.1) is 18.7 Å². The van der Waals surface area contributed by atoms with E-state index in [1.54, 1.807) is 7.11 Å². The second-order valence-electron chi connectivity index (χ2n) is 7.02. The molecule has 4 unspecified atom stereocenters. The normalized spacial score (nSPS) is 30.2. The number of aliphatic hydroxyl groups excluding tert-OH is 1. The zero-order chi connectivity index (χ0) is 16.7. The first-order valence-corrected chi connectivity index (χ1v) is 8.68. The minimum Gasteiger partial charge on any atom is -0.497 e. The third kappa shape index (κ3) is 2.60. The first kappa shape index (κ1) is 15.6. The lowest BCUT2D eigenvalue weighted by atomic mass is 9.74. The zero-order valence-electron chi connectivity index (χ0n) is 14.1. The number of hydrogen-bond donors (Lipinski definition) is 1. The van der Waals surface area contributed by atoms with Crippen LogP contribution in [0.25, 0.3) is 10.9 Å². The van der Waals surface area contributed by atoms with Gasteiger partial charge in [-0.15, -0.1) is 6.58 Å². The van der Waals surface area contributed by atoms with Crippen LogP contribution in [0.4, 0.5) is 0 Å². The number of rotatable bonds is 4. The SMILES string of the molecule is C=CC1CN2CCC1CC2[C@H](O)c1cnc2ccc(OC)cc2c1. The van der Waals surface area contributed by atoms with Crippen LogP contribution in [0.5, 0.6) is 5.75 Å². The van der Waals surface area contributed by atoms with E-state index < -0.39 is 6.10 Å². The predicted molar refractivity (Wildman–Crippen MR) is 95.0 cm³/mol. The van der Waals surface area contributed by atoms with E-state index in [4.69, 9.17) is 4.74 Å². The van der Waals surface area contributed by atoms with Crippen LogP contribution in [-0.2, 0) is 0 Å². The molecule has 1 aromatic carbocycles. The Hall–Kier alpha value is -1.91. The van der Waals surface area contributed by atoms with Crippen molar-refractivity contribution in [2.75, 3.05) is 20.2 Å². The highest BCUT2D eigenvalue weighted by molar-refractivity contribution is 5.80.